The van der Waals surface area contributed by atoms with Crippen molar-refractivity contribution in [3.05, 3.63) is 65.7 Å². The van der Waals surface area contributed by atoms with Crippen molar-refractivity contribution in [1.82, 2.24) is 16.2 Å². The number of amides is 3. The first-order chi connectivity index (χ1) is 19.1. The van der Waals surface area contributed by atoms with E-state index in [9.17, 15) is 24.0 Å². The number of rotatable bonds is 9. The number of ether oxygens (including phenoxy) is 5. The molecule has 0 aromatic heterocycles. The molecule has 1 atom stereocenters. The predicted octanol–water partition coefficient (Wildman–Crippen LogP) is 3.37. The van der Waals surface area contributed by atoms with Gasteiger partial charge in [0.1, 0.15) is 23.6 Å². The molecule has 222 valence electrons. The van der Waals surface area contributed by atoms with E-state index in [1.807, 2.05) is 5.43 Å². The van der Waals surface area contributed by atoms with E-state index in [0.717, 1.165) is 0 Å². The lowest BCUT2D eigenvalue weighted by Gasteiger charge is -2.21. The maximum atomic E-state index is 12.6. The van der Waals surface area contributed by atoms with Crippen LogP contribution in [0.2, 0.25) is 0 Å². The molecule has 13 heteroatoms. The van der Waals surface area contributed by atoms with Crippen molar-refractivity contribution >= 4 is 30.0 Å². The zero-order chi connectivity index (χ0) is 30.6. The number of hydrogen-bond donors (Lipinski definition) is 3. The summed E-state index contributed by atoms with van der Waals surface area (Å²) in [5.41, 5.74) is 3.50. The summed E-state index contributed by atoms with van der Waals surface area (Å²) in [5, 5.41) is 2.60. The minimum atomic E-state index is -1.80. The average Bonchev–Trinajstić information content (AvgIpc) is 2.87. The van der Waals surface area contributed by atoms with E-state index < -0.39 is 54.1 Å². The van der Waals surface area contributed by atoms with Crippen LogP contribution in [-0.4, -0.2) is 54.1 Å². The normalized spacial score (nSPS) is 11.9. The molecule has 2 aromatic rings. The van der Waals surface area contributed by atoms with Crippen molar-refractivity contribution in [2.24, 2.45) is 0 Å². The summed E-state index contributed by atoms with van der Waals surface area (Å²) in [7, 11) is 0. The fraction of sp³-hybridized carbons (Fsp3) is 0.393. The molecule has 0 saturated carbocycles. The van der Waals surface area contributed by atoms with E-state index in [-0.39, 0.29) is 17.9 Å². The van der Waals surface area contributed by atoms with Gasteiger partial charge in [-0.3, -0.25) is 10.2 Å². The summed E-state index contributed by atoms with van der Waals surface area (Å²) >= 11 is 0. The van der Waals surface area contributed by atoms with Crippen molar-refractivity contribution in [1.29, 1.82) is 0 Å². The Morgan fingerprint density at radius 1 is 0.756 bits per heavy atom. The van der Waals surface area contributed by atoms with E-state index in [4.69, 9.17) is 18.9 Å². The Bertz CT molecular complexity index is 1200. The minimum absolute atomic E-state index is 0.170. The van der Waals surface area contributed by atoms with Crippen LogP contribution in [0.1, 0.15) is 57.5 Å². The van der Waals surface area contributed by atoms with Gasteiger partial charge < -0.3 is 29.0 Å². The first-order valence-corrected chi connectivity index (χ1v) is 12.5. The molecule has 3 N–H and O–H groups in total. The van der Waals surface area contributed by atoms with E-state index in [0.29, 0.717) is 5.56 Å². The monoisotopic (exact) mass is 573 g/mol. The van der Waals surface area contributed by atoms with Gasteiger partial charge >= 0.3 is 30.4 Å². The van der Waals surface area contributed by atoms with Crippen LogP contribution in [0.15, 0.2) is 54.6 Å². The highest BCUT2D eigenvalue weighted by molar-refractivity contribution is 5.95. The Hall–Kier alpha value is -4.65. The lowest BCUT2D eigenvalue weighted by molar-refractivity contribution is -0.182. The highest BCUT2D eigenvalue weighted by atomic mass is 16.7. The van der Waals surface area contributed by atoms with Gasteiger partial charge in [0.2, 0.25) is 0 Å². The van der Waals surface area contributed by atoms with E-state index >= 15 is 0 Å². The van der Waals surface area contributed by atoms with Gasteiger partial charge in [-0.1, -0.05) is 30.3 Å². The fourth-order valence-electron chi connectivity index (χ4n) is 2.89. The van der Waals surface area contributed by atoms with Crippen LogP contribution in [0.5, 0.6) is 5.75 Å². The Kier molecular flexibility index (Phi) is 11.6. The van der Waals surface area contributed by atoms with Gasteiger partial charge in [0.15, 0.2) is 0 Å². The van der Waals surface area contributed by atoms with Crippen LogP contribution in [0.3, 0.4) is 0 Å². The number of carbonyl (C=O) groups is 5. The van der Waals surface area contributed by atoms with Gasteiger partial charge in [0.25, 0.3) is 5.91 Å². The molecule has 0 aliphatic rings. The third-order valence-electron chi connectivity index (χ3n) is 4.47. The molecule has 2 rings (SSSR count). The third-order valence-corrected chi connectivity index (χ3v) is 4.47. The van der Waals surface area contributed by atoms with Gasteiger partial charge in [-0.05, 0) is 71.4 Å². The van der Waals surface area contributed by atoms with Crippen LogP contribution >= 0.6 is 0 Å². The lowest BCUT2D eigenvalue weighted by atomic mass is 10.1. The van der Waals surface area contributed by atoms with Gasteiger partial charge in [-0.15, -0.1) is 0 Å². The molecular formula is C28H35N3O10. The molecule has 0 aliphatic carbocycles. The number of hydrogen-bond acceptors (Lipinski definition) is 10. The van der Waals surface area contributed by atoms with Crippen molar-refractivity contribution in [3.8, 4) is 5.75 Å². The quantitative estimate of drug-likeness (QED) is 0.133. The first kappa shape index (κ1) is 32.6. The summed E-state index contributed by atoms with van der Waals surface area (Å²) in [6.07, 6.45) is -3.71. The molecule has 0 saturated heterocycles. The highest BCUT2D eigenvalue weighted by Crippen LogP contribution is 2.14. The van der Waals surface area contributed by atoms with Crippen LogP contribution in [-0.2, 0) is 35.1 Å². The van der Waals surface area contributed by atoms with Crippen molar-refractivity contribution in [2.75, 3.05) is 6.61 Å². The third kappa shape index (κ3) is 13.3. The first-order valence-electron chi connectivity index (χ1n) is 12.5. The number of hydrazine groups is 1. The van der Waals surface area contributed by atoms with E-state index in [2.05, 4.69) is 15.5 Å². The molecule has 0 spiro atoms. The fourth-order valence-corrected chi connectivity index (χ4v) is 2.89. The zero-order valence-corrected chi connectivity index (χ0v) is 23.8. The number of para-hydroxylation sites is 1. The Morgan fingerprint density at radius 2 is 1.37 bits per heavy atom. The van der Waals surface area contributed by atoms with E-state index in [1.54, 1.807) is 71.9 Å². The SMILES string of the molecule is CC(C)(C)OC(=O)COC(Oc1ccccc1)C(=O)OC(=O)NNC(=O)c1ccc(CNC(=O)OC(C)(C)C)cc1. The molecule has 0 fully saturated rings. The molecule has 0 bridgehead atoms. The molecule has 41 heavy (non-hydrogen) atoms. The minimum Gasteiger partial charge on any atom is -0.458 e. The summed E-state index contributed by atoms with van der Waals surface area (Å²) in [6.45, 7) is 9.73. The smallest absolute Gasteiger partial charge is 0.433 e. The van der Waals surface area contributed by atoms with Gasteiger partial charge in [-0.25, -0.2) is 24.6 Å². The number of carbonyl (C=O) groups excluding carboxylic acids is 5. The molecule has 2 aromatic carbocycles. The van der Waals surface area contributed by atoms with Gasteiger partial charge in [-0.2, -0.15) is 0 Å². The van der Waals surface area contributed by atoms with Gasteiger partial charge in [0.05, 0.1) is 0 Å². The Balaban J connectivity index is 1.88. The summed E-state index contributed by atoms with van der Waals surface area (Å²) in [4.78, 5) is 60.9. The molecular weight excluding hydrogens is 538 g/mol. The average molecular weight is 574 g/mol. The number of nitrogens with one attached hydrogen (secondary N) is 3. The highest BCUT2D eigenvalue weighted by Gasteiger charge is 2.28. The zero-order valence-electron chi connectivity index (χ0n) is 23.8. The van der Waals surface area contributed by atoms with Crippen LogP contribution in [0, 0.1) is 0 Å². The Morgan fingerprint density at radius 3 is 1.95 bits per heavy atom. The standard InChI is InChI=1S/C28H35N3O10/c1-27(2,3)40-21(32)17-37-24(38-20-10-8-7-9-11-20)23(34)39-26(36)31-30-22(33)19-14-12-18(13-15-19)16-29-25(35)41-28(4,5)6/h7-15,24H,16-17H2,1-6H3,(H,29,35)(H,30,33)(H,31,36). The molecule has 0 radical (unpaired) electrons. The number of alkyl carbamates (subject to hydrolysis) is 1. The Labute approximate surface area is 237 Å². The summed E-state index contributed by atoms with van der Waals surface area (Å²) < 4.78 is 25.6. The van der Waals surface area contributed by atoms with Crippen LogP contribution in [0.25, 0.3) is 0 Å². The van der Waals surface area contributed by atoms with Crippen molar-refractivity contribution in [3.63, 3.8) is 0 Å². The summed E-state index contributed by atoms with van der Waals surface area (Å²) in [5.74, 6) is -2.56. The number of benzene rings is 2. The molecule has 3 amide bonds. The molecule has 13 nitrogen and oxygen atoms in total. The summed E-state index contributed by atoms with van der Waals surface area (Å²) in [6, 6.07) is 14.2. The number of esters is 2. The van der Waals surface area contributed by atoms with Crippen LogP contribution in [0.4, 0.5) is 9.59 Å². The second-order valence-corrected chi connectivity index (χ2v) is 10.5. The maximum Gasteiger partial charge on any atom is 0.433 e. The largest absolute Gasteiger partial charge is 0.458 e. The second-order valence-electron chi connectivity index (χ2n) is 10.5. The van der Waals surface area contributed by atoms with Crippen molar-refractivity contribution < 1.29 is 47.7 Å². The predicted molar refractivity (Wildman–Crippen MR) is 144 cm³/mol. The molecule has 0 aliphatic heterocycles. The maximum absolute atomic E-state index is 12.6. The lowest BCUT2D eigenvalue weighted by Crippen LogP contribution is -2.45. The topological polar surface area (TPSA) is 168 Å². The molecule has 0 heterocycles. The molecule has 1 unspecified atom stereocenters. The van der Waals surface area contributed by atoms with Gasteiger partial charge in [0, 0.05) is 12.1 Å². The van der Waals surface area contributed by atoms with Crippen molar-refractivity contribution in [2.45, 2.75) is 65.6 Å². The van der Waals surface area contributed by atoms with Crippen LogP contribution < -0.4 is 20.9 Å². The van der Waals surface area contributed by atoms with E-state index in [1.165, 1.54) is 24.3 Å². The second kappa shape index (κ2) is 14.7.